The molecular formula is C20H22N4O2. The number of carbonyl (C=O) groups is 1. The number of H-pyrrole nitrogens is 1. The number of hydrogen-bond donors (Lipinski definition) is 1. The van der Waals surface area contributed by atoms with E-state index in [9.17, 15) is 4.79 Å². The van der Waals surface area contributed by atoms with E-state index in [1.165, 1.54) is 0 Å². The van der Waals surface area contributed by atoms with Crippen molar-refractivity contribution in [1.82, 2.24) is 20.3 Å². The molecule has 0 fully saturated rings. The summed E-state index contributed by atoms with van der Waals surface area (Å²) in [6, 6.07) is 17.5. The summed E-state index contributed by atoms with van der Waals surface area (Å²) in [5.74, 6) is 0.588. The summed E-state index contributed by atoms with van der Waals surface area (Å²) >= 11 is 0. The molecule has 0 aliphatic heterocycles. The van der Waals surface area contributed by atoms with E-state index in [1.807, 2.05) is 61.5 Å². The van der Waals surface area contributed by atoms with Crippen LogP contribution in [0.2, 0.25) is 0 Å². The SMILES string of the molecule is Cc1cccc(OC(C)C(=O)N(Cc2ccccc2)Cc2cn[nH]n2)c1. The molecule has 0 aliphatic rings. The highest BCUT2D eigenvalue weighted by atomic mass is 16.5. The van der Waals surface area contributed by atoms with Crippen LogP contribution in [0.15, 0.2) is 60.8 Å². The van der Waals surface area contributed by atoms with E-state index in [-0.39, 0.29) is 5.91 Å². The van der Waals surface area contributed by atoms with Crippen LogP contribution in [-0.2, 0) is 17.9 Å². The van der Waals surface area contributed by atoms with Crippen molar-refractivity contribution in [3.63, 3.8) is 0 Å². The first kappa shape index (κ1) is 17.7. The maximum absolute atomic E-state index is 13.0. The fraction of sp³-hybridized carbons (Fsp3) is 0.250. The van der Waals surface area contributed by atoms with Gasteiger partial charge in [-0.25, -0.2) is 0 Å². The number of hydrogen-bond acceptors (Lipinski definition) is 4. The average Bonchev–Trinajstić information content (AvgIpc) is 3.14. The van der Waals surface area contributed by atoms with Crippen LogP contribution in [0.3, 0.4) is 0 Å². The Hall–Kier alpha value is -3.15. The molecule has 134 valence electrons. The minimum absolute atomic E-state index is 0.0987. The molecule has 2 aromatic carbocycles. The van der Waals surface area contributed by atoms with Gasteiger partial charge < -0.3 is 9.64 Å². The second-order valence-corrected chi connectivity index (χ2v) is 6.22. The zero-order chi connectivity index (χ0) is 18.4. The summed E-state index contributed by atoms with van der Waals surface area (Å²) in [6.07, 6.45) is 1.02. The molecule has 1 N–H and O–H groups in total. The molecule has 26 heavy (non-hydrogen) atoms. The molecule has 0 saturated heterocycles. The van der Waals surface area contributed by atoms with Crippen molar-refractivity contribution in [2.45, 2.75) is 33.0 Å². The third-order valence-corrected chi connectivity index (χ3v) is 4.00. The molecular weight excluding hydrogens is 328 g/mol. The molecule has 1 unspecified atom stereocenters. The standard InChI is InChI=1S/C20H22N4O2/c1-15-7-6-10-19(11-15)26-16(2)20(25)24(14-18-12-21-23-22-18)13-17-8-4-3-5-9-17/h3-12,16H,13-14H2,1-2H3,(H,21,22,23). The molecule has 1 heterocycles. The fourth-order valence-corrected chi connectivity index (χ4v) is 2.71. The molecule has 0 saturated carbocycles. The number of benzene rings is 2. The zero-order valence-electron chi connectivity index (χ0n) is 14.9. The Morgan fingerprint density at radius 1 is 1.15 bits per heavy atom. The van der Waals surface area contributed by atoms with E-state index in [4.69, 9.17) is 4.74 Å². The number of aromatic amines is 1. The van der Waals surface area contributed by atoms with Crippen LogP contribution in [0.4, 0.5) is 0 Å². The monoisotopic (exact) mass is 350 g/mol. The van der Waals surface area contributed by atoms with Gasteiger partial charge in [0.25, 0.3) is 5.91 Å². The number of amides is 1. The predicted molar refractivity (Wildman–Crippen MR) is 98.3 cm³/mol. The quantitative estimate of drug-likeness (QED) is 0.711. The van der Waals surface area contributed by atoms with E-state index in [0.717, 1.165) is 11.1 Å². The van der Waals surface area contributed by atoms with Crippen molar-refractivity contribution >= 4 is 5.91 Å². The smallest absolute Gasteiger partial charge is 0.264 e. The second kappa shape index (κ2) is 8.29. The lowest BCUT2D eigenvalue weighted by Crippen LogP contribution is -2.39. The Morgan fingerprint density at radius 3 is 2.65 bits per heavy atom. The summed E-state index contributed by atoms with van der Waals surface area (Å²) in [5, 5.41) is 10.5. The molecule has 1 atom stereocenters. The Bertz CT molecular complexity index is 834. The van der Waals surface area contributed by atoms with Gasteiger partial charge in [0.05, 0.1) is 12.7 Å². The Kier molecular flexibility index (Phi) is 5.63. The van der Waals surface area contributed by atoms with E-state index in [0.29, 0.717) is 24.5 Å². The molecule has 6 heteroatoms. The molecule has 0 aliphatic carbocycles. The zero-order valence-corrected chi connectivity index (χ0v) is 14.9. The third-order valence-electron chi connectivity index (χ3n) is 4.00. The van der Waals surface area contributed by atoms with Crippen LogP contribution in [0.25, 0.3) is 0 Å². The van der Waals surface area contributed by atoms with Crippen LogP contribution < -0.4 is 4.74 Å². The van der Waals surface area contributed by atoms with Gasteiger partial charge in [0.1, 0.15) is 11.4 Å². The van der Waals surface area contributed by atoms with Crippen molar-refractivity contribution in [3.05, 3.63) is 77.6 Å². The van der Waals surface area contributed by atoms with Crippen LogP contribution in [0.1, 0.15) is 23.7 Å². The van der Waals surface area contributed by atoms with Crippen molar-refractivity contribution in [2.75, 3.05) is 0 Å². The average molecular weight is 350 g/mol. The minimum atomic E-state index is -0.604. The van der Waals surface area contributed by atoms with Crippen molar-refractivity contribution in [1.29, 1.82) is 0 Å². The van der Waals surface area contributed by atoms with Gasteiger partial charge in [-0.15, -0.1) is 0 Å². The molecule has 0 spiro atoms. The van der Waals surface area contributed by atoms with Gasteiger partial charge in [0, 0.05) is 6.54 Å². The summed E-state index contributed by atoms with van der Waals surface area (Å²) in [5.41, 5.74) is 2.84. The maximum Gasteiger partial charge on any atom is 0.264 e. The van der Waals surface area contributed by atoms with E-state index in [1.54, 1.807) is 18.0 Å². The van der Waals surface area contributed by atoms with Gasteiger partial charge >= 0.3 is 0 Å². The van der Waals surface area contributed by atoms with E-state index in [2.05, 4.69) is 15.4 Å². The summed E-state index contributed by atoms with van der Waals surface area (Å²) < 4.78 is 5.86. The first-order valence-corrected chi connectivity index (χ1v) is 8.52. The first-order chi connectivity index (χ1) is 12.6. The largest absolute Gasteiger partial charge is 0.481 e. The number of nitrogens with one attached hydrogen (secondary N) is 1. The molecule has 1 aromatic heterocycles. The summed E-state index contributed by atoms with van der Waals surface area (Å²) in [4.78, 5) is 14.7. The van der Waals surface area contributed by atoms with Crippen LogP contribution in [0.5, 0.6) is 5.75 Å². The highest BCUT2D eigenvalue weighted by Gasteiger charge is 2.23. The molecule has 6 nitrogen and oxygen atoms in total. The fourth-order valence-electron chi connectivity index (χ4n) is 2.71. The molecule has 0 bridgehead atoms. The number of aromatic nitrogens is 3. The minimum Gasteiger partial charge on any atom is -0.481 e. The predicted octanol–water partition coefficient (Wildman–Crippen LogP) is 3.11. The third kappa shape index (κ3) is 4.69. The molecule has 0 radical (unpaired) electrons. The van der Waals surface area contributed by atoms with Gasteiger partial charge in [-0.1, -0.05) is 42.5 Å². The van der Waals surface area contributed by atoms with Crippen LogP contribution in [-0.4, -0.2) is 32.3 Å². The number of carbonyl (C=O) groups excluding carboxylic acids is 1. The Balaban J connectivity index is 1.74. The lowest BCUT2D eigenvalue weighted by atomic mass is 10.2. The number of ether oxygens (including phenoxy) is 1. The maximum atomic E-state index is 13.0. The number of aryl methyl sites for hydroxylation is 1. The second-order valence-electron chi connectivity index (χ2n) is 6.22. The topological polar surface area (TPSA) is 71.1 Å². The van der Waals surface area contributed by atoms with Gasteiger partial charge in [0.15, 0.2) is 6.10 Å². The Morgan fingerprint density at radius 2 is 1.96 bits per heavy atom. The number of rotatable bonds is 7. The highest BCUT2D eigenvalue weighted by Crippen LogP contribution is 2.17. The van der Waals surface area contributed by atoms with Crippen LogP contribution in [0, 0.1) is 6.92 Å². The first-order valence-electron chi connectivity index (χ1n) is 8.52. The molecule has 1 amide bonds. The molecule has 3 rings (SSSR count). The van der Waals surface area contributed by atoms with Crippen molar-refractivity contribution < 1.29 is 9.53 Å². The highest BCUT2D eigenvalue weighted by molar-refractivity contribution is 5.80. The normalized spacial score (nSPS) is 11.8. The summed E-state index contributed by atoms with van der Waals surface area (Å²) in [6.45, 7) is 4.61. The Labute approximate surface area is 152 Å². The van der Waals surface area contributed by atoms with Gasteiger partial charge in [-0.2, -0.15) is 15.4 Å². The van der Waals surface area contributed by atoms with Gasteiger partial charge in [-0.3, -0.25) is 4.79 Å². The van der Waals surface area contributed by atoms with Gasteiger partial charge in [0.2, 0.25) is 0 Å². The van der Waals surface area contributed by atoms with E-state index < -0.39 is 6.10 Å². The van der Waals surface area contributed by atoms with Crippen LogP contribution >= 0.6 is 0 Å². The van der Waals surface area contributed by atoms with Crippen molar-refractivity contribution in [3.8, 4) is 5.75 Å². The number of nitrogens with zero attached hydrogens (tertiary/aromatic N) is 3. The lowest BCUT2D eigenvalue weighted by molar-refractivity contribution is -0.139. The van der Waals surface area contributed by atoms with E-state index >= 15 is 0 Å². The summed E-state index contributed by atoms with van der Waals surface area (Å²) in [7, 11) is 0. The van der Waals surface area contributed by atoms with Gasteiger partial charge in [-0.05, 0) is 37.1 Å². The molecule has 3 aromatic rings. The van der Waals surface area contributed by atoms with Crippen molar-refractivity contribution in [2.24, 2.45) is 0 Å². The lowest BCUT2D eigenvalue weighted by Gasteiger charge is -2.25.